The van der Waals surface area contributed by atoms with Gasteiger partial charge in [-0.2, -0.15) is 0 Å². The lowest BCUT2D eigenvalue weighted by Crippen LogP contribution is -2.63. The molecule has 6 aromatic carbocycles. The standard InChI is InChI=1S/C50H58O3Si2/c1-47(2,3)54(7,39-51-49(41-27-15-9-16-28-41,42-29-17-10-18-30-42)43-31-19-11-20-32-43)53-55(8,48(4,5)6)40-52-50(44-33-21-12-22-34-44,45-35-23-13-24-36-45)46-37-25-14-26-38-46/h9-38H,39-40H2,1-8H3. The first-order chi connectivity index (χ1) is 26.3. The van der Waals surface area contributed by atoms with Crippen molar-refractivity contribution < 1.29 is 13.6 Å². The van der Waals surface area contributed by atoms with Crippen LogP contribution < -0.4 is 0 Å². The second-order valence-electron chi connectivity index (χ2n) is 17.2. The summed E-state index contributed by atoms with van der Waals surface area (Å²) < 4.78 is 23.2. The molecule has 0 spiro atoms. The molecular weight excluding hydrogens is 705 g/mol. The van der Waals surface area contributed by atoms with E-state index in [0.717, 1.165) is 33.4 Å². The number of hydrogen-bond acceptors (Lipinski definition) is 3. The second-order valence-corrected chi connectivity index (χ2v) is 26.5. The Kier molecular flexibility index (Phi) is 12.0. The van der Waals surface area contributed by atoms with E-state index in [1.165, 1.54) is 0 Å². The van der Waals surface area contributed by atoms with E-state index in [1.54, 1.807) is 0 Å². The molecule has 284 valence electrons. The van der Waals surface area contributed by atoms with Gasteiger partial charge in [0.15, 0.2) is 0 Å². The minimum absolute atomic E-state index is 0.169. The maximum Gasteiger partial charge on any atom is 0.208 e. The fraction of sp³-hybridized carbons (Fsp3) is 0.280. The van der Waals surface area contributed by atoms with E-state index in [0.29, 0.717) is 12.5 Å². The van der Waals surface area contributed by atoms with Crippen LogP contribution in [0, 0.1) is 0 Å². The van der Waals surface area contributed by atoms with Crippen LogP contribution in [0.4, 0.5) is 0 Å². The van der Waals surface area contributed by atoms with Crippen molar-refractivity contribution in [1.29, 1.82) is 0 Å². The molecule has 0 saturated heterocycles. The lowest BCUT2D eigenvalue weighted by atomic mass is 9.80. The van der Waals surface area contributed by atoms with Crippen LogP contribution in [0.3, 0.4) is 0 Å². The van der Waals surface area contributed by atoms with Crippen LogP contribution in [-0.2, 0) is 24.8 Å². The van der Waals surface area contributed by atoms with Gasteiger partial charge in [0.2, 0.25) is 16.6 Å². The van der Waals surface area contributed by atoms with E-state index in [1.807, 2.05) is 0 Å². The van der Waals surface area contributed by atoms with Gasteiger partial charge in [0.1, 0.15) is 11.2 Å². The molecule has 2 atom stereocenters. The highest BCUT2D eigenvalue weighted by Crippen LogP contribution is 2.49. The van der Waals surface area contributed by atoms with Gasteiger partial charge < -0.3 is 13.6 Å². The number of hydrogen-bond donors (Lipinski definition) is 0. The van der Waals surface area contributed by atoms with Crippen LogP contribution in [-0.4, -0.2) is 29.1 Å². The maximum absolute atomic E-state index is 7.99. The maximum atomic E-state index is 7.99. The summed E-state index contributed by atoms with van der Waals surface area (Å²) in [4.78, 5) is 0. The Balaban J connectivity index is 1.45. The Morgan fingerprint density at radius 3 is 0.673 bits per heavy atom. The Bertz CT molecular complexity index is 1720. The van der Waals surface area contributed by atoms with E-state index in [-0.39, 0.29) is 10.1 Å². The molecule has 0 aromatic heterocycles. The fourth-order valence-electron chi connectivity index (χ4n) is 7.32. The van der Waals surface area contributed by atoms with Crippen molar-refractivity contribution in [2.45, 2.75) is 75.9 Å². The third kappa shape index (κ3) is 8.14. The highest BCUT2D eigenvalue weighted by Gasteiger charge is 2.55. The van der Waals surface area contributed by atoms with E-state index in [4.69, 9.17) is 13.6 Å². The van der Waals surface area contributed by atoms with Crippen LogP contribution in [0.2, 0.25) is 23.2 Å². The van der Waals surface area contributed by atoms with Crippen LogP contribution >= 0.6 is 0 Å². The SMILES string of the molecule is CC(C)(C)[Si](C)(COC(c1ccccc1)(c1ccccc1)c1ccccc1)O[Si](C)(COC(c1ccccc1)(c1ccccc1)c1ccccc1)C(C)(C)C. The van der Waals surface area contributed by atoms with E-state index >= 15 is 0 Å². The topological polar surface area (TPSA) is 27.7 Å². The van der Waals surface area contributed by atoms with Crippen LogP contribution in [0.25, 0.3) is 0 Å². The molecule has 55 heavy (non-hydrogen) atoms. The third-order valence-corrected chi connectivity index (χ3v) is 23.2. The molecule has 5 heteroatoms. The smallest absolute Gasteiger partial charge is 0.208 e. The summed E-state index contributed by atoms with van der Waals surface area (Å²) in [6.45, 7) is 18.8. The minimum Gasteiger partial charge on any atom is -0.452 e. The summed E-state index contributed by atoms with van der Waals surface area (Å²) in [5.74, 6) is 0. The lowest BCUT2D eigenvalue weighted by Gasteiger charge is -2.52. The van der Waals surface area contributed by atoms with Crippen molar-refractivity contribution in [2.24, 2.45) is 0 Å². The molecule has 0 aliphatic carbocycles. The van der Waals surface area contributed by atoms with Gasteiger partial charge in [0.05, 0.1) is 12.5 Å². The molecule has 0 saturated carbocycles. The first kappa shape index (κ1) is 40.3. The molecule has 2 unspecified atom stereocenters. The van der Waals surface area contributed by atoms with E-state index in [2.05, 4.69) is 237 Å². The first-order valence-corrected chi connectivity index (χ1v) is 24.8. The Morgan fingerprint density at radius 1 is 0.327 bits per heavy atom. The van der Waals surface area contributed by atoms with E-state index < -0.39 is 27.8 Å². The molecule has 0 heterocycles. The highest BCUT2D eigenvalue weighted by molar-refractivity contribution is 6.88. The molecular formula is C50H58O3Si2. The summed E-state index contributed by atoms with van der Waals surface area (Å²) in [6.07, 6.45) is 0.962. The average molecular weight is 763 g/mol. The molecule has 3 nitrogen and oxygen atoms in total. The minimum atomic E-state index is -2.78. The normalized spacial score (nSPS) is 14.8. The second kappa shape index (κ2) is 16.4. The van der Waals surface area contributed by atoms with Gasteiger partial charge in [-0.05, 0) is 56.6 Å². The molecule has 6 rings (SSSR count). The third-order valence-electron chi connectivity index (χ3n) is 11.8. The zero-order chi connectivity index (χ0) is 39.2. The van der Waals surface area contributed by atoms with Crippen LogP contribution in [0.5, 0.6) is 0 Å². The van der Waals surface area contributed by atoms with E-state index in [9.17, 15) is 0 Å². The Labute approximate surface area is 332 Å². The van der Waals surface area contributed by atoms with Crippen LogP contribution in [0.1, 0.15) is 74.9 Å². The van der Waals surface area contributed by atoms with Crippen molar-refractivity contribution in [3.05, 3.63) is 215 Å². The van der Waals surface area contributed by atoms with Gasteiger partial charge in [0, 0.05) is 0 Å². The molecule has 0 N–H and O–H groups in total. The van der Waals surface area contributed by atoms with Gasteiger partial charge in [-0.3, -0.25) is 0 Å². The van der Waals surface area contributed by atoms with Crippen molar-refractivity contribution in [3.63, 3.8) is 0 Å². The zero-order valence-corrected chi connectivity index (χ0v) is 36.0. The van der Waals surface area contributed by atoms with Crippen molar-refractivity contribution in [1.82, 2.24) is 0 Å². The largest absolute Gasteiger partial charge is 0.452 e. The molecule has 0 aliphatic rings. The summed E-state index contributed by atoms with van der Waals surface area (Å²) in [5.41, 5.74) is 4.87. The zero-order valence-electron chi connectivity index (χ0n) is 34.0. The average Bonchev–Trinajstić information content (AvgIpc) is 3.20. The Morgan fingerprint density at radius 2 is 0.509 bits per heavy atom. The quantitative estimate of drug-likeness (QED) is 0.0817. The molecule has 0 bridgehead atoms. The molecule has 0 amide bonds. The van der Waals surface area contributed by atoms with Crippen molar-refractivity contribution in [3.8, 4) is 0 Å². The van der Waals surface area contributed by atoms with Crippen molar-refractivity contribution in [2.75, 3.05) is 12.5 Å². The summed E-state index contributed by atoms with van der Waals surface area (Å²) >= 11 is 0. The van der Waals surface area contributed by atoms with Crippen molar-refractivity contribution >= 4 is 16.6 Å². The van der Waals surface area contributed by atoms with Gasteiger partial charge >= 0.3 is 0 Å². The molecule has 0 aliphatic heterocycles. The monoisotopic (exact) mass is 762 g/mol. The Hall–Kier alpha value is -4.37. The van der Waals surface area contributed by atoms with Gasteiger partial charge in [0.25, 0.3) is 0 Å². The molecule has 0 fully saturated rings. The molecule has 6 aromatic rings. The predicted octanol–water partition coefficient (Wildman–Crippen LogP) is 12.8. The van der Waals surface area contributed by atoms with Crippen LogP contribution in [0.15, 0.2) is 182 Å². The fourth-order valence-corrected chi connectivity index (χ4v) is 16.1. The number of rotatable bonds is 14. The summed E-state index contributed by atoms with van der Waals surface area (Å²) in [7, 11) is -5.56. The molecule has 0 radical (unpaired) electrons. The highest BCUT2D eigenvalue weighted by atomic mass is 28.4. The number of benzene rings is 6. The van der Waals surface area contributed by atoms with Gasteiger partial charge in [-0.1, -0.05) is 224 Å². The number of ether oxygens (including phenoxy) is 2. The lowest BCUT2D eigenvalue weighted by molar-refractivity contribution is 0.0261. The summed E-state index contributed by atoms with van der Waals surface area (Å²) in [5, 5.41) is -0.338. The predicted molar refractivity (Wildman–Crippen MR) is 234 cm³/mol. The van der Waals surface area contributed by atoms with Gasteiger partial charge in [-0.15, -0.1) is 0 Å². The van der Waals surface area contributed by atoms with Gasteiger partial charge in [-0.25, -0.2) is 0 Å². The first-order valence-electron chi connectivity index (χ1n) is 19.6. The summed E-state index contributed by atoms with van der Waals surface area (Å²) in [6, 6.07) is 64.0.